The van der Waals surface area contributed by atoms with Crippen molar-refractivity contribution in [2.24, 2.45) is 0 Å². The van der Waals surface area contributed by atoms with Crippen molar-refractivity contribution in [3.63, 3.8) is 0 Å². The molecule has 0 amide bonds. The van der Waals surface area contributed by atoms with Gasteiger partial charge in [0.05, 0.1) is 5.56 Å². The van der Waals surface area contributed by atoms with Gasteiger partial charge in [-0.3, -0.25) is 0 Å². The molecule has 0 atom stereocenters. The van der Waals surface area contributed by atoms with Gasteiger partial charge in [-0.1, -0.05) is 28.1 Å². The van der Waals surface area contributed by atoms with Gasteiger partial charge in [0.25, 0.3) is 0 Å². The second-order valence-electron chi connectivity index (χ2n) is 3.82. The lowest BCUT2D eigenvalue weighted by Gasteiger charge is -2.18. The van der Waals surface area contributed by atoms with Crippen LogP contribution in [-0.4, -0.2) is 0 Å². The number of hydrogen-bond donors (Lipinski definition) is 1. The molecule has 18 heavy (non-hydrogen) atoms. The minimum atomic E-state index is -3.40. The third-order valence-corrected chi connectivity index (χ3v) is 3.03. The lowest BCUT2D eigenvalue weighted by molar-refractivity contribution is 0.0388. The minimum absolute atomic E-state index is 0.297. The van der Waals surface area contributed by atoms with E-state index in [0.29, 0.717) is 10.2 Å². The first-order valence-corrected chi connectivity index (χ1v) is 5.90. The summed E-state index contributed by atoms with van der Waals surface area (Å²) in [5.41, 5.74) is 4.85. The van der Waals surface area contributed by atoms with Crippen LogP contribution in [0.5, 0.6) is 0 Å². The Morgan fingerprint density at radius 1 is 1.00 bits per heavy atom. The molecule has 0 aliphatic rings. The van der Waals surface area contributed by atoms with Crippen molar-refractivity contribution in [1.29, 1.82) is 0 Å². The van der Waals surface area contributed by atoms with Crippen LogP contribution in [0.4, 0.5) is 18.9 Å². The molecule has 2 N–H and O–H groups in total. The fraction of sp³-hybridized carbons (Fsp3) is 0.0769. The Balaban J connectivity index is 2.53. The second-order valence-corrected chi connectivity index (χ2v) is 4.74. The molecule has 0 fully saturated rings. The molecule has 0 bridgehead atoms. The number of alkyl halides is 2. The molecule has 0 radical (unpaired) electrons. The van der Waals surface area contributed by atoms with Crippen molar-refractivity contribution in [1.82, 2.24) is 0 Å². The van der Waals surface area contributed by atoms with Gasteiger partial charge in [-0.25, -0.2) is 4.39 Å². The fourth-order valence-corrected chi connectivity index (χ4v) is 1.95. The van der Waals surface area contributed by atoms with Crippen LogP contribution in [0.25, 0.3) is 0 Å². The van der Waals surface area contributed by atoms with Gasteiger partial charge in [0, 0.05) is 15.7 Å². The lowest BCUT2D eigenvalue weighted by atomic mass is 10.00. The van der Waals surface area contributed by atoms with E-state index in [-0.39, 0.29) is 5.56 Å². The van der Waals surface area contributed by atoms with Gasteiger partial charge in [0.2, 0.25) is 0 Å². The highest BCUT2D eigenvalue weighted by molar-refractivity contribution is 9.10. The smallest absolute Gasteiger partial charge is 0.301 e. The van der Waals surface area contributed by atoms with Gasteiger partial charge < -0.3 is 5.73 Å². The Kier molecular flexibility index (Phi) is 3.34. The molecule has 0 aliphatic carbocycles. The van der Waals surface area contributed by atoms with Crippen LogP contribution >= 0.6 is 15.9 Å². The van der Waals surface area contributed by atoms with Crippen molar-refractivity contribution < 1.29 is 13.2 Å². The Labute approximate surface area is 111 Å². The summed E-state index contributed by atoms with van der Waals surface area (Å²) in [7, 11) is 0. The summed E-state index contributed by atoms with van der Waals surface area (Å²) in [5, 5.41) is 0. The number of anilines is 1. The summed E-state index contributed by atoms with van der Waals surface area (Å²) in [6.07, 6.45) is 0. The van der Waals surface area contributed by atoms with E-state index >= 15 is 0 Å². The highest BCUT2D eigenvalue weighted by atomic mass is 79.9. The molecule has 2 aromatic rings. The third-order valence-electron chi connectivity index (χ3n) is 2.54. The van der Waals surface area contributed by atoms with E-state index in [1.54, 1.807) is 0 Å². The summed E-state index contributed by atoms with van der Waals surface area (Å²) >= 11 is 3.05. The summed E-state index contributed by atoms with van der Waals surface area (Å²) in [6, 6.07) is 8.55. The highest BCUT2D eigenvalue weighted by Crippen LogP contribution is 2.38. The van der Waals surface area contributed by atoms with Gasteiger partial charge in [0.1, 0.15) is 5.82 Å². The maximum atomic E-state index is 14.2. The molecule has 0 saturated carbocycles. The molecule has 94 valence electrons. The molecule has 0 unspecified atom stereocenters. The Bertz CT molecular complexity index is 567. The molecule has 2 rings (SSSR count). The zero-order chi connectivity index (χ0) is 13.3. The summed E-state index contributed by atoms with van der Waals surface area (Å²) in [6.45, 7) is 0. The van der Waals surface area contributed by atoms with E-state index in [9.17, 15) is 13.2 Å². The van der Waals surface area contributed by atoms with Gasteiger partial charge in [-0.15, -0.1) is 0 Å². The fourth-order valence-electron chi connectivity index (χ4n) is 1.59. The molecule has 5 heteroatoms. The number of benzene rings is 2. The van der Waals surface area contributed by atoms with Gasteiger partial charge in [0.15, 0.2) is 0 Å². The van der Waals surface area contributed by atoms with Crippen LogP contribution in [0.2, 0.25) is 0 Å². The van der Waals surface area contributed by atoms with Crippen molar-refractivity contribution in [2.75, 3.05) is 5.73 Å². The lowest BCUT2D eigenvalue weighted by Crippen LogP contribution is -2.17. The maximum absolute atomic E-state index is 14.2. The third kappa shape index (κ3) is 2.36. The first-order valence-electron chi connectivity index (χ1n) is 5.10. The van der Waals surface area contributed by atoms with Crippen LogP contribution in [0.15, 0.2) is 46.9 Å². The predicted octanol–water partition coefficient (Wildman–Crippen LogP) is 4.31. The minimum Gasteiger partial charge on any atom is -0.399 e. The zero-order valence-electron chi connectivity index (χ0n) is 9.13. The monoisotopic (exact) mass is 315 g/mol. The van der Waals surface area contributed by atoms with Crippen molar-refractivity contribution in [3.8, 4) is 0 Å². The average molecular weight is 316 g/mol. The van der Waals surface area contributed by atoms with Crippen LogP contribution in [0.3, 0.4) is 0 Å². The number of nitrogens with two attached hydrogens (primary N) is 1. The number of rotatable bonds is 2. The molecule has 1 nitrogen and oxygen atoms in total. The molecule has 0 aromatic heterocycles. The largest absolute Gasteiger partial charge is 0.399 e. The van der Waals surface area contributed by atoms with E-state index in [0.717, 1.165) is 12.1 Å². The first-order chi connectivity index (χ1) is 8.41. The van der Waals surface area contributed by atoms with Crippen LogP contribution in [0.1, 0.15) is 11.1 Å². The highest BCUT2D eigenvalue weighted by Gasteiger charge is 2.36. The van der Waals surface area contributed by atoms with Crippen molar-refractivity contribution >= 4 is 21.6 Å². The number of nitrogen functional groups attached to an aromatic ring is 1. The van der Waals surface area contributed by atoms with Gasteiger partial charge in [-0.2, -0.15) is 8.78 Å². The Hall–Kier alpha value is -1.49. The Morgan fingerprint density at radius 2 is 1.61 bits per heavy atom. The van der Waals surface area contributed by atoms with Gasteiger partial charge >= 0.3 is 5.92 Å². The van der Waals surface area contributed by atoms with Crippen LogP contribution in [-0.2, 0) is 5.92 Å². The topological polar surface area (TPSA) is 26.0 Å². The van der Waals surface area contributed by atoms with E-state index in [2.05, 4.69) is 15.9 Å². The first kappa shape index (κ1) is 13.0. The van der Waals surface area contributed by atoms with E-state index < -0.39 is 17.3 Å². The molecular formula is C13H9BrF3N. The molecule has 0 aliphatic heterocycles. The molecule has 0 saturated heterocycles. The van der Waals surface area contributed by atoms with E-state index in [4.69, 9.17) is 5.73 Å². The summed E-state index contributed by atoms with van der Waals surface area (Å²) < 4.78 is 42.2. The quantitative estimate of drug-likeness (QED) is 0.821. The van der Waals surface area contributed by atoms with Crippen molar-refractivity contribution in [2.45, 2.75) is 5.92 Å². The second kappa shape index (κ2) is 4.65. The molecular weight excluding hydrogens is 307 g/mol. The number of hydrogen-bond acceptors (Lipinski definition) is 1. The number of halogens is 4. The van der Waals surface area contributed by atoms with E-state index in [1.807, 2.05) is 0 Å². The van der Waals surface area contributed by atoms with E-state index in [1.165, 1.54) is 30.3 Å². The zero-order valence-corrected chi connectivity index (χ0v) is 10.7. The average Bonchev–Trinajstić information content (AvgIpc) is 2.32. The Morgan fingerprint density at radius 3 is 2.22 bits per heavy atom. The van der Waals surface area contributed by atoms with Crippen molar-refractivity contribution in [3.05, 3.63) is 63.9 Å². The summed E-state index contributed by atoms with van der Waals surface area (Å²) in [4.78, 5) is 0. The molecule has 0 spiro atoms. The predicted molar refractivity (Wildman–Crippen MR) is 68.0 cm³/mol. The summed E-state index contributed by atoms with van der Waals surface area (Å²) in [5.74, 6) is -4.35. The van der Waals surface area contributed by atoms with Crippen LogP contribution < -0.4 is 5.73 Å². The normalized spacial score (nSPS) is 11.6. The SMILES string of the molecule is Nc1ccc(C(F)(F)c2cc(Br)ccc2F)cc1. The maximum Gasteiger partial charge on any atom is 0.301 e. The molecule has 0 heterocycles. The van der Waals surface area contributed by atoms with Crippen LogP contribution in [0, 0.1) is 5.82 Å². The molecule has 2 aromatic carbocycles. The standard InChI is InChI=1S/C13H9BrF3N/c14-9-3-6-12(15)11(7-9)13(16,17)8-1-4-10(18)5-2-8/h1-7H,18H2. The van der Waals surface area contributed by atoms with Gasteiger partial charge in [-0.05, 0) is 30.3 Å².